The van der Waals surface area contributed by atoms with Crippen molar-refractivity contribution in [2.24, 2.45) is 0 Å². The number of likely N-dealkylation sites (N-methyl/N-ethyl adjacent to an activating group) is 1. The highest BCUT2D eigenvalue weighted by Gasteiger charge is 2.15. The average molecular weight is 279 g/mol. The van der Waals surface area contributed by atoms with Crippen molar-refractivity contribution in [3.05, 3.63) is 29.3 Å². The van der Waals surface area contributed by atoms with Crippen molar-refractivity contribution in [1.82, 2.24) is 5.32 Å². The number of rotatable bonds is 8. The van der Waals surface area contributed by atoms with Crippen LogP contribution in [0.25, 0.3) is 0 Å². The van der Waals surface area contributed by atoms with E-state index in [-0.39, 0.29) is 12.5 Å². The highest BCUT2D eigenvalue weighted by Crippen LogP contribution is 2.27. The molecule has 0 aliphatic heterocycles. The average Bonchev–Trinajstić information content (AvgIpc) is 2.38. The van der Waals surface area contributed by atoms with Crippen LogP contribution in [0.4, 0.5) is 0 Å². The SMILES string of the molecule is CCNC(CC(=O)O)Cc1ccc(OC)c(C(C)C)c1. The van der Waals surface area contributed by atoms with Crippen LogP contribution in [0.15, 0.2) is 18.2 Å². The van der Waals surface area contributed by atoms with E-state index in [1.807, 2.05) is 19.1 Å². The summed E-state index contributed by atoms with van der Waals surface area (Å²) in [6.07, 6.45) is 0.848. The molecule has 0 spiro atoms. The van der Waals surface area contributed by atoms with Crippen molar-refractivity contribution in [1.29, 1.82) is 0 Å². The molecule has 0 aliphatic rings. The Bertz CT molecular complexity index is 443. The maximum Gasteiger partial charge on any atom is 0.304 e. The lowest BCUT2D eigenvalue weighted by atomic mass is 9.96. The van der Waals surface area contributed by atoms with E-state index in [4.69, 9.17) is 9.84 Å². The van der Waals surface area contributed by atoms with Gasteiger partial charge in [-0.05, 0) is 36.1 Å². The minimum absolute atomic E-state index is 0.0362. The number of hydrogen-bond donors (Lipinski definition) is 2. The normalized spacial score (nSPS) is 12.4. The monoisotopic (exact) mass is 279 g/mol. The number of carbonyl (C=O) groups is 1. The third-order valence-electron chi connectivity index (χ3n) is 3.31. The van der Waals surface area contributed by atoms with E-state index in [1.165, 1.54) is 0 Å². The molecule has 112 valence electrons. The fraction of sp³-hybridized carbons (Fsp3) is 0.562. The van der Waals surface area contributed by atoms with Crippen molar-refractivity contribution in [2.75, 3.05) is 13.7 Å². The summed E-state index contributed by atoms with van der Waals surface area (Å²) in [4.78, 5) is 10.9. The zero-order chi connectivity index (χ0) is 15.1. The van der Waals surface area contributed by atoms with Gasteiger partial charge in [0.15, 0.2) is 0 Å². The van der Waals surface area contributed by atoms with Crippen LogP contribution in [0.1, 0.15) is 44.2 Å². The molecule has 0 amide bonds. The fourth-order valence-electron chi connectivity index (χ4n) is 2.36. The topological polar surface area (TPSA) is 58.6 Å². The Labute approximate surface area is 121 Å². The van der Waals surface area contributed by atoms with Crippen LogP contribution < -0.4 is 10.1 Å². The molecule has 0 bridgehead atoms. The van der Waals surface area contributed by atoms with Crippen LogP contribution in [-0.2, 0) is 11.2 Å². The largest absolute Gasteiger partial charge is 0.496 e. The first-order chi connectivity index (χ1) is 9.47. The highest BCUT2D eigenvalue weighted by atomic mass is 16.5. The number of aliphatic carboxylic acids is 1. The summed E-state index contributed by atoms with van der Waals surface area (Å²) in [5.41, 5.74) is 2.30. The summed E-state index contributed by atoms with van der Waals surface area (Å²) in [5, 5.41) is 12.2. The predicted octanol–water partition coefficient (Wildman–Crippen LogP) is 2.81. The molecule has 2 N–H and O–H groups in total. The van der Waals surface area contributed by atoms with Gasteiger partial charge in [-0.3, -0.25) is 4.79 Å². The molecule has 0 radical (unpaired) electrons. The Morgan fingerprint density at radius 2 is 2.10 bits per heavy atom. The summed E-state index contributed by atoms with van der Waals surface area (Å²) in [7, 11) is 1.67. The summed E-state index contributed by atoms with van der Waals surface area (Å²) in [6.45, 7) is 7.01. The maximum absolute atomic E-state index is 10.9. The summed E-state index contributed by atoms with van der Waals surface area (Å²) >= 11 is 0. The molecule has 0 saturated carbocycles. The number of benzene rings is 1. The zero-order valence-electron chi connectivity index (χ0n) is 12.8. The Balaban J connectivity index is 2.89. The van der Waals surface area contributed by atoms with E-state index in [0.29, 0.717) is 12.3 Å². The lowest BCUT2D eigenvalue weighted by Gasteiger charge is -2.18. The third-order valence-corrected chi connectivity index (χ3v) is 3.31. The quantitative estimate of drug-likeness (QED) is 0.768. The molecule has 20 heavy (non-hydrogen) atoms. The number of ether oxygens (including phenoxy) is 1. The second-order valence-corrected chi connectivity index (χ2v) is 5.29. The van der Waals surface area contributed by atoms with Crippen LogP contribution in [0, 0.1) is 0 Å². The van der Waals surface area contributed by atoms with Gasteiger partial charge in [-0.1, -0.05) is 32.9 Å². The Kier molecular flexibility index (Phi) is 6.52. The Morgan fingerprint density at radius 1 is 1.40 bits per heavy atom. The molecule has 0 saturated heterocycles. The first-order valence-electron chi connectivity index (χ1n) is 7.09. The second kappa shape index (κ2) is 7.90. The van der Waals surface area contributed by atoms with Crippen molar-refractivity contribution in [3.63, 3.8) is 0 Å². The number of carboxylic acid groups (broad SMARTS) is 1. The van der Waals surface area contributed by atoms with Gasteiger partial charge in [0.25, 0.3) is 0 Å². The van der Waals surface area contributed by atoms with E-state index < -0.39 is 5.97 Å². The molecule has 1 aromatic rings. The maximum atomic E-state index is 10.9. The van der Waals surface area contributed by atoms with Gasteiger partial charge in [-0.15, -0.1) is 0 Å². The van der Waals surface area contributed by atoms with Crippen molar-refractivity contribution in [3.8, 4) is 5.75 Å². The van der Waals surface area contributed by atoms with Gasteiger partial charge in [-0.25, -0.2) is 0 Å². The van der Waals surface area contributed by atoms with Gasteiger partial charge in [0.1, 0.15) is 5.75 Å². The third kappa shape index (κ3) is 4.85. The highest BCUT2D eigenvalue weighted by molar-refractivity contribution is 5.67. The summed E-state index contributed by atoms with van der Waals surface area (Å²) in [5.74, 6) is 0.498. The predicted molar refractivity (Wildman–Crippen MR) is 80.5 cm³/mol. The Morgan fingerprint density at radius 3 is 2.60 bits per heavy atom. The Hall–Kier alpha value is -1.55. The second-order valence-electron chi connectivity index (χ2n) is 5.29. The molecule has 0 fully saturated rings. The number of hydrogen-bond acceptors (Lipinski definition) is 3. The van der Waals surface area contributed by atoms with Gasteiger partial charge < -0.3 is 15.2 Å². The van der Waals surface area contributed by atoms with Crippen molar-refractivity contribution < 1.29 is 14.6 Å². The van der Waals surface area contributed by atoms with Gasteiger partial charge in [0.2, 0.25) is 0 Å². The smallest absolute Gasteiger partial charge is 0.304 e. The molecule has 0 heterocycles. The number of carboxylic acids is 1. The van der Waals surface area contributed by atoms with Gasteiger partial charge in [0.05, 0.1) is 13.5 Å². The van der Waals surface area contributed by atoms with E-state index in [0.717, 1.165) is 23.4 Å². The summed E-state index contributed by atoms with van der Waals surface area (Å²) in [6, 6.07) is 6.06. The van der Waals surface area contributed by atoms with Crippen LogP contribution in [0.2, 0.25) is 0 Å². The minimum atomic E-state index is -0.770. The molecule has 4 heteroatoms. The van der Waals surface area contributed by atoms with Gasteiger partial charge in [-0.2, -0.15) is 0 Å². The molecule has 4 nitrogen and oxygen atoms in total. The molecular formula is C16H25NO3. The van der Waals surface area contributed by atoms with Crippen LogP contribution in [0.3, 0.4) is 0 Å². The molecule has 1 rings (SSSR count). The summed E-state index contributed by atoms with van der Waals surface area (Å²) < 4.78 is 5.37. The van der Waals surface area contributed by atoms with Gasteiger partial charge in [0, 0.05) is 6.04 Å². The van der Waals surface area contributed by atoms with E-state index in [2.05, 4.69) is 25.2 Å². The van der Waals surface area contributed by atoms with Gasteiger partial charge >= 0.3 is 5.97 Å². The fourth-order valence-corrected chi connectivity index (χ4v) is 2.36. The standard InChI is InChI=1S/C16H25NO3/c1-5-17-13(10-16(18)19)8-12-6-7-15(20-4)14(9-12)11(2)3/h6-7,9,11,13,17H,5,8,10H2,1-4H3,(H,18,19). The van der Waals surface area contributed by atoms with Crippen molar-refractivity contribution >= 4 is 5.97 Å². The zero-order valence-corrected chi connectivity index (χ0v) is 12.8. The molecule has 1 unspecified atom stereocenters. The number of methoxy groups -OCH3 is 1. The lowest BCUT2D eigenvalue weighted by Crippen LogP contribution is -2.33. The lowest BCUT2D eigenvalue weighted by molar-refractivity contribution is -0.137. The molecule has 0 aliphatic carbocycles. The van der Waals surface area contributed by atoms with Crippen LogP contribution >= 0.6 is 0 Å². The minimum Gasteiger partial charge on any atom is -0.496 e. The molecular weight excluding hydrogens is 254 g/mol. The van der Waals surface area contributed by atoms with Crippen LogP contribution in [-0.4, -0.2) is 30.8 Å². The first-order valence-corrected chi connectivity index (χ1v) is 7.09. The van der Waals surface area contributed by atoms with Crippen LogP contribution in [0.5, 0.6) is 5.75 Å². The molecule has 0 aromatic heterocycles. The van der Waals surface area contributed by atoms with E-state index in [9.17, 15) is 4.79 Å². The van der Waals surface area contributed by atoms with E-state index in [1.54, 1.807) is 7.11 Å². The van der Waals surface area contributed by atoms with Crippen molar-refractivity contribution in [2.45, 2.75) is 45.6 Å². The van der Waals surface area contributed by atoms with E-state index >= 15 is 0 Å². The molecule has 1 aromatic carbocycles. The first kappa shape index (κ1) is 16.5. The molecule has 1 atom stereocenters. The number of nitrogens with one attached hydrogen (secondary N) is 1.